The second-order valence-electron chi connectivity index (χ2n) is 3.89. The van der Waals surface area contributed by atoms with Crippen LogP contribution in [-0.4, -0.2) is 17.0 Å². The molecule has 5 nitrogen and oxygen atoms in total. The van der Waals surface area contributed by atoms with Crippen LogP contribution < -0.4 is 5.32 Å². The molecular formula is C13H10BrNO4. The van der Waals surface area contributed by atoms with Gasteiger partial charge in [0.15, 0.2) is 5.76 Å². The second-order valence-corrected chi connectivity index (χ2v) is 4.74. The maximum Gasteiger partial charge on any atom is 0.371 e. The second kappa shape index (κ2) is 5.27. The summed E-state index contributed by atoms with van der Waals surface area (Å²) in [6.07, 6.45) is 0. The van der Waals surface area contributed by atoms with Crippen molar-refractivity contribution in [3.8, 4) is 0 Å². The molecule has 0 aliphatic heterocycles. The first-order valence-corrected chi connectivity index (χ1v) is 6.17. The number of carbonyl (C=O) groups excluding carboxylic acids is 1. The van der Waals surface area contributed by atoms with E-state index in [0.717, 1.165) is 10.0 Å². The highest BCUT2D eigenvalue weighted by Gasteiger charge is 2.15. The van der Waals surface area contributed by atoms with Crippen molar-refractivity contribution >= 4 is 33.5 Å². The molecule has 0 aliphatic carbocycles. The molecular weight excluding hydrogens is 314 g/mol. The van der Waals surface area contributed by atoms with Gasteiger partial charge in [0.1, 0.15) is 0 Å². The van der Waals surface area contributed by atoms with Gasteiger partial charge in [-0.1, -0.05) is 22.0 Å². The quantitative estimate of drug-likeness (QED) is 0.908. The van der Waals surface area contributed by atoms with E-state index in [9.17, 15) is 9.59 Å². The Morgan fingerprint density at radius 2 is 1.89 bits per heavy atom. The van der Waals surface area contributed by atoms with Crippen LogP contribution in [0.15, 0.2) is 39.2 Å². The van der Waals surface area contributed by atoms with Gasteiger partial charge in [-0.3, -0.25) is 4.79 Å². The van der Waals surface area contributed by atoms with Gasteiger partial charge in [-0.05, 0) is 36.8 Å². The minimum absolute atomic E-state index is 0.0471. The molecule has 1 aromatic heterocycles. The number of carbonyl (C=O) groups is 2. The summed E-state index contributed by atoms with van der Waals surface area (Å²) < 4.78 is 5.78. The number of nitrogens with one attached hydrogen (secondary N) is 1. The van der Waals surface area contributed by atoms with Crippen LogP contribution in [0.1, 0.15) is 26.7 Å². The molecule has 0 saturated heterocycles. The molecule has 0 fully saturated rings. The maximum absolute atomic E-state index is 11.8. The summed E-state index contributed by atoms with van der Waals surface area (Å²) in [5.74, 6) is -2.02. The van der Waals surface area contributed by atoms with E-state index in [1.165, 1.54) is 12.1 Å². The Bertz CT molecular complexity index is 648. The van der Waals surface area contributed by atoms with Crippen molar-refractivity contribution in [1.82, 2.24) is 0 Å². The highest BCUT2D eigenvalue weighted by Crippen LogP contribution is 2.21. The summed E-state index contributed by atoms with van der Waals surface area (Å²) in [6, 6.07) is 7.92. The zero-order valence-corrected chi connectivity index (χ0v) is 11.5. The molecule has 98 valence electrons. The average Bonchev–Trinajstić information content (AvgIpc) is 2.83. The summed E-state index contributed by atoms with van der Waals surface area (Å²) in [6.45, 7) is 1.93. The maximum atomic E-state index is 11.8. The molecule has 2 aromatic rings. The fourth-order valence-electron chi connectivity index (χ4n) is 1.44. The van der Waals surface area contributed by atoms with Crippen LogP contribution in [0.25, 0.3) is 0 Å². The minimum atomic E-state index is -1.21. The smallest absolute Gasteiger partial charge is 0.371 e. The lowest BCUT2D eigenvalue weighted by molar-refractivity contribution is 0.0660. The number of carboxylic acid groups (broad SMARTS) is 1. The molecule has 0 spiro atoms. The van der Waals surface area contributed by atoms with Crippen LogP contribution in [0.3, 0.4) is 0 Å². The third-order valence-electron chi connectivity index (χ3n) is 2.47. The molecule has 1 amide bonds. The van der Waals surface area contributed by atoms with Crippen molar-refractivity contribution in [3.05, 3.63) is 51.9 Å². The molecule has 0 unspecified atom stereocenters. The van der Waals surface area contributed by atoms with Gasteiger partial charge in [-0.2, -0.15) is 0 Å². The van der Waals surface area contributed by atoms with Crippen LogP contribution in [0, 0.1) is 6.92 Å². The molecule has 19 heavy (non-hydrogen) atoms. The summed E-state index contributed by atoms with van der Waals surface area (Å²) in [4.78, 5) is 22.5. The molecule has 2 N–H and O–H groups in total. The molecule has 1 aromatic carbocycles. The fourth-order valence-corrected chi connectivity index (χ4v) is 1.82. The standard InChI is InChI=1S/C13H10BrNO4/c1-7-2-3-8(6-9(7)14)15-12(16)10-4-5-11(19-10)13(17)18/h2-6H,1H3,(H,15,16)(H,17,18). The Morgan fingerprint density at radius 3 is 2.47 bits per heavy atom. The number of hydrogen-bond donors (Lipinski definition) is 2. The number of anilines is 1. The first-order chi connectivity index (χ1) is 8.97. The fraction of sp³-hybridized carbons (Fsp3) is 0.0769. The van der Waals surface area contributed by atoms with E-state index < -0.39 is 11.9 Å². The SMILES string of the molecule is Cc1ccc(NC(=O)c2ccc(C(=O)O)o2)cc1Br. The number of amides is 1. The Kier molecular flexibility index (Phi) is 3.71. The molecule has 6 heteroatoms. The lowest BCUT2D eigenvalue weighted by atomic mass is 10.2. The zero-order valence-electron chi connectivity index (χ0n) is 9.94. The van der Waals surface area contributed by atoms with E-state index in [2.05, 4.69) is 21.2 Å². The number of aryl methyl sites for hydroxylation is 1. The number of rotatable bonds is 3. The van der Waals surface area contributed by atoms with Crippen LogP contribution in [0.2, 0.25) is 0 Å². The normalized spacial score (nSPS) is 10.2. The van der Waals surface area contributed by atoms with E-state index in [1.54, 1.807) is 12.1 Å². The molecule has 0 aliphatic rings. The van der Waals surface area contributed by atoms with Crippen LogP contribution >= 0.6 is 15.9 Å². The summed E-state index contributed by atoms with van der Waals surface area (Å²) in [7, 11) is 0. The number of benzene rings is 1. The topological polar surface area (TPSA) is 79.5 Å². The zero-order chi connectivity index (χ0) is 14.0. The summed E-state index contributed by atoms with van der Waals surface area (Å²) in [5.41, 5.74) is 1.64. The van der Waals surface area contributed by atoms with Crippen LogP contribution in [0.5, 0.6) is 0 Å². The highest BCUT2D eigenvalue weighted by molar-refractivity contribution is 9.10. The van der Waals surface area contributed by atoms with Gasteiger partial charge in [0.2, 0.25) is 5.76 Å². The van der Waals surface area contributed by atoms with Crippen molar-refractivity contribution in [2.45, 2.75) is 6.92 Å². The number of hydrogen-bond acceptors (Lipinski definition) is 3. The number of aromatic carboxylic acids is 1. The molecule has 0 atom stereocenters. The Morgan fingerprint density at radius 1 is 1.21 bits per heavy atom. The third-order valence-corrected chi connectivity index (χ3v) is 3.32. The van der Waals surface area contributed by atoms with Crippen LogP contribution in [0.4, 0.5) is 5.69 Å². The highest BCUT2D eigenvalue weighted by atomic mass is 79.9. The van der Waals surface area contributed by atoms with Crippen molar-refractivity contribution in [2.24, 2.45) is 0 Å². The molecule has 0 bridgehead atoms. The van der Waals surface area contributed by atoms with Gasteiger partial charge >= 0.3 is 5.97 Å². The average molecular weight is 324 g/mol. The van der Waals surface area contributed by atoms with Crippen molar-refractivity contribution in [1.29, 1.82) is 0 Å². The van der Waals surface area contributed by atoms with Gasteiger partial charge in [0.25, 0.3) is 5.91 Å². The Labute approximate surface area is 117 Å². The summed E-state index contributed by atoms with van der Waals surface area (Å²) >= 11 is 3.36. The van der Waals surface area contributed by atoms with Gasteiger partial charge < -0.3 is 14.8 Å². The van der Waals surface area contributed by atoms with E-state index in [0.29, 0.717) is 5.69 Å². The first kappa shape index (κ1) is 13.4. The lowest BCUT2D eigenvalue weighted by Crippen LogP contribution is -2.11. The van der Waals surface area contributed by atoms with Gasteiger partial charge in [-0.25, -0.2) is 4.79 Å². The largest absolute Gasteiger partial charge is 0.475 e. The predicted octanol–water partition coefficient (Wildman–Crippen LogP) is 3.30. The van der Waals surface area contributed by atoms with E-state index >= 15 is 0 Å². The monoisotopic (exact) mass is 323 g/mol. The Hall–Kier alpha value is -2.08. The number of halogens is 1. The summed E-state index contributed by atoms with van der Waals surface area (Å²) in [5, 5.41) is 11.3. The van der Waals surface area contributed by atoms with E-state index in [4.69, 9.17) is 9.52 Å². The predicted molar refractivity (Wildman–Crippen MR) is 72.5 cm³/mol. The van der Waals surface area contributed by atoms with Crippen molar-refractivity contribution < 1.29 is 19.1 Å². The molecule has 2 rings (SSSR count). The van der Waals surface area contributed by atoms with Crippen molar-refractivity contribution in [2.75, 3.05) is 5.32 Å². The third kappa shape index (κ3) is 3.03. The molecule has 0 saturated carbocycles. The molecule has 0 radical (unpaired) electrons. The first-order valence-electron chi connectivity index (χ1n) is 5.38. The molecule has 1 heterocycles. The number of furan rings is 1. The van der Waals surface area contributed by atoms with Crippen LogP contribution in [-0.2, 0) is 0 Å². The van der Waals surface area contributed by atoms with E-state index in [-0.39, 0.29) is 11.5 Å². The van der Waals surface area contributed by atoms with Gasteiger partial charge in [-0.15, -0.1) is 0 Å². The Balaban J connectivity index is 2.15. The minimum Gasteiger partial charge on any atom is -0.475 e. The lowest BCUT2D eigenvalue weighted by Gasteiger charge is -2.05. The van der Waals surface area contributed by atoms with Crippen molar-refractivity contribution in [3.63, 3.8) is 0 Å². The van der Waals surface area contributed by atoms with Gasteiger partial charge in [0, 0.05) is 10.2 Å². The van der Waals surface area contributed by atoms with Gasteiger partial charge in [0.05, 0.1) is 0 Å². The van der Waals surface area contributed by atoms with E-state index in [1.807, 2.05) is 13.0 Å². The number of carboxylic acids is 1.